The van der Waals surface area contributed by atoms with Gasteiger partial charge in [-0.3, -0.25) is 4.79 Å². The van der Waals surface area contributed by atoms with E-state index in [2.05, 4.69) is 68.1 Å². The summed E-state index contributed by atoms with van der Waals surface area (Å²) in [5, 5.41) is 11.5. The van der Waals surface area contributed by atoms with Gasteiger partial charge < -0.3 is 9.66 Å². The molecular weight excluding hydrogens is 559 g/mol. The molecule has 42 heavy (non-hydrogen) atoms. The minimum atomic E-state index is -1.18. The molecule has 1 saturated carbocycles. The number of carbonyl (C=O) groups excluding carboxylic acids is 1. The summed E-state index contributed by atoms with van der Waals surface area (Å²) in [6.07, 6.45) is 7.64. The van der Waals surface area contributed by atoms with Crippen LogP contribution in [0.15, 0.2) is 78.9 Å². The molecule has 1 aromatic heterocycles. The fourth-order valence-electron chi connectivity index (χ4n) is 5.72. The van der Waals surface area contributed by atoms with E-state index in [0.717, 1.165) is 51.7 Å². The lowest BCUT2D eigenvalue weighted by molar-refractivity contribution is -0.111. The first-order chi connectivity index (χ1) is 20.0. The average molecular weight is 598 g/mol. The van der Waals surface area contributed by atoms with Gasteiger partial charge in [0.25, 0.3) is 0 Å². The van der Waals surface area contributed by atoms with E-state index < -0.39 is 16.8 Å². The second-order valence-corrected chi connectivity index (χ2v) is 14.4. The predicted molar refractivity (Wildman–Crippen MR) is 178 cm³/mol. The number of carbonyl (C=O) groups is 1. The van der Waals surface area contributed by atoms with E-state index in [1.165, 1.54) is 5.56 Å². The van der Waals surface area contributed by atoms with Crippen molar-refractivity contribution in [3.8, 4) is 0 Å². The van der Waals surface area contributed by atoms with Gasteiger partial charge in [-0.25, -0.2) is 4.98 Å². The molecule has 1 unspecified atom stereocenters. The number of fused-ring (bicyclic) bond motifs is 1. The van der Waals surface area contributed by atoms with Crippen molar-refractivity contribution in [2.24, 2.45) is 5.41 Å². The number of aliphatic hydroxyl groups is 1. The van der Waals surface area contributed by atoms with Gasteiger partial charge in [-0.1, -0.05) is 66.7 Å². The number of aryl methyl sites for hydroxylation is 2. The molecule has 0 amide bonds. The van der Waals surface area contributed by atoms with Crippen LogP contribution in [-0.4, -0.2) is 25.5 Å². The third-order valence-corrected chi connectivity index (χ3v) is 10.4. The molecule has 2 atom stereocenters. The molecule has 0 saturated heterocycles. The van der Waals surface area contributed by atoms with Gasteiger partial charge in [-0.15, -0.1) is 12.6 Å². The van der Waals surface area contributed by atoms with Crippen LogP contribution in [0.2, 0.25) is 0 Å². The SMILES string of the molecule is Cc1ccc2ccc(/C=C/c3cccc([C@@H](CCc4ccccc4C(C)(C)O)[S+]([O-])CC4(CC(=O)S)CC4)c3)nc2c1. The van der Waals surface area contributed by atoms with E-state index in [4.69, 9.17) is 4.98 Å². The van der Waals surface area contributed by atoms with Gasteiger partial charge in [0, 0.05) is 29.2 Å². The molecule has 4 nitrogen and oxygen atoms in total. The molecule has 1 aliphatic rings. The lowest BCUT2D eigenvalue weighted by Crippen LogP contribution is -2.25. The molecular formula is C36H39NO3S2. The molecule has 1 heterocycles. The van der Waals surface area contributed by atoms with Crippen LogP contribution < -0.4 is 0 Å². The second-order valence-electron chi connectivity index (χ2n) is 12.3. The number of pyridine rings is 1. The quantitative estimate of drug-likeness (QED) is 0.128. The van der Waals surface area contributed by atoms with Gasteiger partial charge in [-0.2, -0.15) is 0 Å². The Balaban J connectivity index is 1.41. The van der Waals surface area contributed by atoms with Crippen LogP contribution in [0.25, 0.3) is 23.1 Å². The number of aromatic nitrogens is 1. The summed E-state index contributed by atoms with van der Waals surface area (Å²) in [7, 11) is 0. The topological polar surface area (TPSA) is 73.2 Å². The van der Waals surface area contributed by atoms with Crippen LogP contribution in [0.4, 0.5) is 0 Å². The van der Waals surface area contributed by atoms with Crippen molar-refractivity contribution in [3.05, 3.63) is 112 Å². The van der Waals surface area contributed by atoms with E-state index in [0.29, 0.717) is 25.0 Å². The number of hydrogen-bond acceptors (Lipinski definition) is 4. The fraction of sp³-hybridized carbons (Fsp3) is 0.333. The normalized spacial score (nSPS) is 16.0. The Bertz CT molecular complexity index is 1600. The number of nitrogens with zero attached hydrogens (tertiary/aromatic N) is 1. The summed E-state index contributed by atoms with van der Waals surface area (Å²) >= 11 is 2.84. The summed E-state index contributed by atoms with van der Waals surface area (Å²) in [6.45, 7) is 5.67. The van der Waals surface area contributed by atoms with Crippen LogP contribution in [0.5, 0.6) is 0 Å². The smallest absolute Gasteiger partial charge is 0.186 e. The highest BCUT2D eigenvalue weighted by Gasteiger charge is 2.48. The molecule has 6 heteroatoms. The molecule has 1 N–H and O–H groups in total. The zero-order valence-corrected chi connectivity index (χ0v) is 26.3. The van der Waals surface area contributed by atoms with Gasteiger partial charge in [0.1, 0.15) is 11.0 Å². The van der Waals surface area contributed by atoms with E-state index in [9.17, 15) is 14.5 Å². The van der Waals surface area contributed by atoms with Gasteiger partial charge in [0.05, 0.1) is 16.8 Å². The minimum absolute atomic E-state index is 0.134. The Hall–Kier alpha value is -2.90. The maximum Gasteiger partial charge on any atom is 0.186 e. The molecule has 5 rings (SSSR count). The highest BCUT2D eigenvalue weighted by atomic mass is 32.2. The highest BCUT2D eigenvalue weighted by Crippen LogP contribution is 2.52. The van der Waals surface area contributed by atoms with E-state index >= 15 is 0 Å². The third kappa shape index (κ3) is 7.73. The van der Waals surface area contributed by atoms with Crippen molar-refractivity contribution in [1.29, 1.82) is 0 Å². The number of benzene rings is 3. The molecule has 0 aliphatic heterocycles. The lowest BCUT2D eigenvalue weighted by Gasteiger charge is -2.27. The van der Waals surface area contributed by atoms with Crippen molar-refractivity contribution in [1.82, 2.24) is 4.98 Å². The van der Waals surface area contributed by atoms with Gasteiger partial charge in [-0.05, 0) is 97.7 Å². The Kier molecular flexibility index (Phi) is 9.28. The lowest BCUT2D eigenvalue weighted by atomic mass is 9.90. The molecule has 3 aromatic carbocycles. The third-order valence-electron chi connectivity index (χ3n) is 8.20. The van der Waals surface area contributed by atoms with Crippen LogP contribution in [0.1, 0.15) is 78.3 Å². The maximum absolute atomic E-state index is 14.0. The first kappa shape index (κ1) is 30.6. The van der Waals surface area contributed by atoms with Crippen LogP contribution in [-0.2, 0) is 28.0 Å². The number of hydrogen-bond donors (Lipinski definition) is 2. The first-order valence-corrected chi connectivity index (χ1v) is 16.4. The molecule has 218 valence electrons. The second kappa shape index (κ2) is 12.8. The molecule has 0 spiro atoms. The molecule has 1 aliphatic carbocycles. The summed E-state index contributed by atoms with van der Waals surface area (Å²) in [4.78, 5) is 16.6. The first-order valence-electron chi connectivity index (χ1n) is 14.6. The average Bonchev–Trinajstić information content (AvgIpc) is 3.69. The minimum Gasteiger partial charge on any atom is -0.616 e. The van der Waals surface area contributed by atoms with Crippen molar-refractivity contribution in [2.45, 2.75) is 63.7 Å². The van der Waals surface area contributed by atoms with Crippen molar-refractivity contribution in [3.63, 3.8) is 0 Å². The summed E-state index contributed by atoms with van der Waals surface area (Å²) < 4.78 is 14.0. The highest BCUT2D eigenvalue weighted by molar-refractivity contribution is 7.96. The summed E-state index contributed by atoms with van der Waals surface area (Å²) in [5.41, 5.74) is 5.88. The predicted octanol–water partition coefficient (Wildman–Crippen LogP) is 7.99. The van der Waals surface area contributed by atoms with Crippen LogP contribution >= 0.6 is 12.6 Å². The standard InChI is InChI=1S/C36H39NO3S2/c1-25-11-13-28-14-17-30(37-32(28)21-25)16-12-26-7-6-9-29(22-26)33(42(40)24-36(19-20-36)23-34(38)41)18-15-27-8-4-5-10-31(27)35(2,3)39/h4-14,16-17,21-22,33,39H,15,18-20,23-24H2,1-3H3,(H,38,41)/b16-12+/t33-,42?/m1/s1. The van der Waals surface area contributed by atoms with Crippen LogP contribution in [0.3, 0.4) is 0 Å². The fourth-order valence-corrected chi connectivity index (χ4v) is 8.09. The largest absolute Gasteiger partial charge is 0.616 e. The Morgan fingerprint density at radius 1 is 1.07 bits per heavy atom. The maximum atomic E-state index is 14.0. The zero-order chi connectivity index (χ0) is 29.9. The number of thiol groups is 1. The Morgan fingerprint density at radius 3 is 2.57 bits per heavy atom. The number of rotatable bonds is 12. The van der Waals surface area contributed by atoms with Gasteiger partial charge in [0.15, 0.2) is 5.12 Å². The van der Waals surface area contributed by atoms with Crippen LogP contribution in [0, 0.1) is 12.3 Å². The summed E-state index contributed by atoms with van der Waals surface area (Å²) in [6, 6.07) is 26.6. The van der Waals surface area contributed by atoms with E-state index in [-0.39, 0.29) is 15.8 Å². The monoisotopic (exact) mass is 597 g/mol. The van der Waals surface area contributed by atoms with Crippen molar-refractivity contribution >= 4 is 52.0 Å². The zero-order valence-electron chi connectivity index (χ0n) is 24.5. The molecule has 4 aromatic rings. The van der Waals surface area contributed by atoms with Crippen molar-refractivity contribution < 1.29 is 14.5 Å². The van der Waals surface area contributed by atoms with Gasteiger partial charge in [0.2, 0.25) is 0 Å². The Morgan fingerprint density at radius 2 is 1.83 bits per heavy atom. The van der Waals surface area contributed by atoms with Gasteiger partial charge >= 0.3 is 0 Å². The molecule has 0 radical (unpaired) electrons. The molecule has 0 bridgehead atoms. The van der Waals surface area contributed by atoms with Crippen molar-refractivity contribution in [2.75, 3.05) is 5.75 Å². The summed E-state index contributed by atoms with van der Waals surface area (Å²) in [5.74, 6) is 0.498. The van der Waals surface area contributed by atoms with E-state index in [1.807, 2.05) is 42.5 Å². The molecule has 1 fully saturated rings. The van der Waals surface area contributed by atoms with E-state index in [1.54, 1.807) is 13.8 Å². The Labute approximate surface area is 257 Å².